The molecule has 0 saturated heterocycles. The summed E-state index contributed by atoms with van der Waals surface area (Å²) in [4.78, 5) is 21.0. The van der Waals surface area contributed by atoms with Crippen molar-refractivity contribution in [3.8, 4) is 5.75 Å². The lowest BCUT2D eigenvalue weighted by atomic mass is 10.1. The number of aromatic amines is 1. The minimum atomic E-state index is -0.254. The maximum atomic E-state index is 13.0. The third-order valence-corrected chi connectivity index (χ3v) is 5.47. The summed E-state index contributed by atoms with van der Waals surface area (Å²) in [6.45, 7) is 4.42. The first-order valence-electron chi connectivity index (χ1n) is 9.51. The van der Waals surface area contributed by atoms with Crippen LogP contribution in [0.2, 0.25) is 0 Å². The van der Waals surface area contributed by atoms with Crippen molar-refractivity contribution in [3.05, 3.63) is 59.6 Å². The minimum absolute atomic E-state index is 0.253. The Labute approximate surface area is 173 Å². The van der Waals surface area contributed by atoms with E-state index in [9.17, 15) is 4.79 Å². The molecule has 2 heterocycles. The molecule has 7 heteroatoms. The molecule has 0 aliphatic carbocycles. The zero-order valence-electron chi connectivity index (χ0n) is 16.6. The fraction of sp³-hybridized carbons (Fsp3) is 0.273. The van der Waals surface area contributed by atoms with Gasteiger partial charge in [-0.2, -0.15) is 11.8 Å². The number of aromatic nitrogens is 2. The summed E-state index contributed by atoms with van der Waals surface area (Å²) in [6, 6.07) is 13.2. The van der Waals surface area contributed by atoms with Crippen LogP contribution in [0.15, 0.2) is 46.9 Å². The molecule has 0 bridgehead atoms. The molecule has 0 unspecified atom stereocenters. The molecule has 1 amide bonds. The summed E-state index contributed by atoms with van der Waals surface area (Å²) in [5.41, 5.74) is 3.30. The van der Waals surface area contributed by atoms with Gasteiger partial charge in [0, 0.05) is 16.7 Å². The number of imidazole rings is 1. The second-order valence-corrected chi connectivity index (χ2v) is 7.68. The maximum absolute atomic E-state index is 13.0. The van der Waals surface area contributed by atoms with Crippen molar-refractivity contribution in [2.75, 3.05) is 18.6 Å². The Kier molecular flexibility index (Phi) is 5.49. The molecule has 0 spiro atoms. The van der Waals surface area contributed by atoms with E-state index in [4.69, 9.17) is 9.15 Å². The molecule has 0 saturated carbocycles. The quantitative estimate of drug-likeness (QED) is 0.456. The predicted octanol–water partition coefficient (Wildman–Crippen LogP) is 4.85. The average Bonchev–Trinajstić information content (AvgIpc) is 3.29. The molecule has 2 N–H and O–H groups in total. The molecule has 0 fully saturated rings. The second kappa shape index (κ2) is 8.21. The molecule has 4 rings (SSSR count). The molecule has 150 valence electrons. The lowest BCUT2D eigenvalue weighted by molar-refractivity contribution is 0.0912. The van der Waals surface area contributed by atoms with Crippen LogP contribution in [-0.2, 0) is 0 Å². The van der Waals surface area contributed by atoms with E-state index >= 15 is 0 Å². The summed E-state index contributed by atoms with van der Waals surface area (Å²) in [6.07, 6.45) is 2.00. The summed E-state index contributed by atoms with van der Waals surface area (Å²) < 4.78 is 11.4. The number of hydrogen-bond donors (Lipinski definition) is 2. The van der Waals surface area contributed by atoms with Gasteiger partial charge in [0.1, 0.15) is 17.2 Å². The maximum Gasteiger partial charge on any atom is 0.287 e. The zero-order valence-corrected chi connectivity index (χ0v) is 17.4. The number of furan rings is 1. The molecular weight excluding hydrogens is 386 g/mol. The molecular formula is C22H23N3O3S. The van der Waals surface area contributed by atoms with E-state index in [-0.39, 0.29) is 11.9 Å². The summed E-state index contributed by atoms with van der Waals surface area (Å²) in [5, 5.41) is 3.96. The average molecular weight is 410 g/mol. The van der Waals surface area contributed by atoms with Gasteiger partial charge in [0.15, 0.2) is 5.76 Å². The highest BCUT2D eigenvalue weighted by atomic mass is 32.2. The fourth-order valence-electron chi connectivity index (χ4n) is 3.39. The van der Waals surface area contributed by atoms with Crippen LogP contribution in [0.4, 0.5) is 0 Å². The van der Waals surface area contributed by atoms with Gasteiger partial charge in [-0.1, -0.05) is 12.1 Å². The van der Waals surface area contributed by atoms with Crippen LogP contribution in [0, 0.1) is 6.92 Å². The molecule has 0 aliphatic heterocycles. The second-order valence-electron chi connectivity index (χ2n) is 6.77. The highest BCUT2D eigenvalue weighted by molar-refractivity contribution is 7.98. The third-order valence-electron chi connectivity index (χ3n) is 4.80. The minimum Gasteiger partial charge on any atom is -0.494 e. The number of carbonyl (C=O) groups excluding carboxylic acids is 1. The van der Waals surface area contributed by atoms with Gasteiger partial charge in [-0.15, -0.1) is 0 Å². The number of H-pyrrole nitrogens is 1. The number of ether oxygens (including phenoxy) is 1. The first-order chi connectivity index (χ1) is 14.1. The van der Waals surface area contributed by atoms with Crippen molar-refractivity contribution in [3.63, 3.8) is 0 Å². The number of thioether (sulfide) groups is 1. The van der Waals surface area contributed by atoms with Crippen LogP contribution in [0.25, 0.3) is 22.0 Å². The van der Waals surface area contributed by atoms with E-state index in [1.165, 1.54) is 0 Å². The van der Waals surface area contributed by atoms with Gasteiger partial charge in [0.05, 0.1) is 23.7 Å². The molecule has 0 aliphatic rings. The molecule has 2 aromatic carbocycles. The monoisotopic (exact) mass is 409 g/mol. The van der Waals surface area contributed by atoms with Crippen LogP contribution in [0.1, 0.15) is 34.9 Å². The summed E-state index contributed by atoms with van der Waals surface area (Å²) in [5.74, 6) is 2.26. The van der Waals surface area contributed by atoms with Crippen molar-refractivity contribution in [2.24, 2.45) is 0 Å². The first-order valence-corrected chi connectivity index (χ1v) is 10.9. The number of fused-ring (bicyclic) bond motifs is 2. The Morgan fingerprint density at radius 1 is 1.31 bits per heavy atom. The Hall–Kier alpha value is -2.93. The largest absolute Gasteiger partial charge is 0.494 e. The number of nitrogens with zero attached hydrogens (tertiary/aromatic N) is 1. The van der Waals surface area contributed by atoms with Gasteiger partial charge in [0.2, 0.25) is 0 Å². The van der Waals surface area contributed by atoms with Crippen molar-refractivity contribution in [1.82, 2.24) is 15.3 Å². The number of rotatable bonds is 7. The summed E-state index contributed by atoms with van der Waals surface area (Å²) >= 11 is 1.65. The Morgan fingerprint density at radius 2 is 2.14 bits per heavy atom. The smallest absolute Gasteiger partial charge is 0.287 e. The predicted molar refractivity (Wildman–Crippen MR) is 117 cm³/mol. The topological polar surface area (TPSA) is 80.2 Å². The SMILES string of the molecule is CCOc1ccc2oc(C(=O)N[C@H](CSC)c3nc4ccccc4[nH]3)c(C)c2c1. The number of carbonyl (C=O) groups is 1. The zero-order chi connectivity index (χ0) is 20.4. The first kappa shape index (κ1) is 19.4. The number of amides is 1. The molecule has 1 atom stereocenters. The van der Waals surface area contributed by atoms with Gasteiger partial charge in [-0.3, -0.25) is 4.79 Å². The van der Waals surface area contributed by atoms with Crippen molar-refractivity contribution >= 4 is 39.7 Å². The van der Waals surface area contributed by atoms with E-state index < -0.39 is 0 Å². The van der Waals surface area contributed by atoms with Crippen molar-refractivity contribution in [1.29, 1.82) is 0 Å². The van der Waals surface area contributed by atoms with Crippen molar-refractivity contribution < 1.29 is 13.9 Å². The molecule has 2 aromatic heterocycles. The van der Waals surface area contributed by atoms with Gasteiger partial charge in [-0.25, -0.2) is 4.98 Å². The van der Waals surface area contributed by atoms with E-state index in [0.717, 1.165) is 33.6 Å². The highest BCUT2D eigenvalue weighted by Crippen LogP contribution is 2.29. The number of hydrogen-bond acceptors (Lipinski definition) is 5. The van der Waals surface area contributed by atoms with E-state index in [1.807, 2.05) is 62.6 Å². The van der Waals surface area contributed by atoms with Crippen LogP contribution in [-0.4, -0.2) is 34.5 Å². The van der Waals surface area contributed by atoms with Gasteiger partial charge >= 0.3 is 0 Å². The highest BCUT2D eigenvalue weighted by Gasteiger charge is 2.23. The number of para-hydroxylation sites is 2. The van der Waals surface area contributed by atoms with Gasteiger partial charge in [0.25, 0.3) is 5.91 Å². The van der Waals surface area contributed by atoms with E-state index in [0.29, 0.717) is 23.7 Å². The van der Waals surface area contributed by atoms with Crippen LogP contribution in [0.3, 0.4) is 0 Å². The lowest BCUT2D eigenvalue weighted by Crippen LogP contribution is -2.31. The van der Waals surface area contributed by atoms with Crippen LogP contribution >= 0.6 is 11.8 Å². The van der Waals surface area contributed by atoms with Gasteiger partial charge in [-0.05, 0) is 50.4 Å². The normalized spacial score (nSPS) is 12.4. The van der Waals surface area contributed by atoms with Crippen molar-refractivity contribution in [2.45, 2.75) is 19.9 Å². The van der Waals surface area contributed by atoms with Gasteiger partial charge < -0.3 is 19.5 Å². The van der Waals surface area contributed by atoms with E-state index in [1.54, 1.807) is 11.8 Å². The fourth-order valence-corrected chi connectivity index (χ4v) is 3.96. The third kappa shape index (κ3) is 3.82. The number of aryl methyl sites for hydroxylation is 1. The Balaban J connectivity index is 1.63. The number of benzene rings is 2. The molecule has 6 nitrogen and oxygen atoms in total. The van der Waals surface area contributed by atoms with Crippen LogP contribution in [0.5, 0.6) is 5.75 Å². The van der Waals surface area contributed by atoms with Crippen LogP contribution < -0.4 is 10.1 Å². The lowest BCUT2D eigenvalue weighted by Gasteiger charge is -2.15. The molecule has 29 heavy (non-hydrogen) atoms. The Morgan fingerprint density at radius 3 is 2.90 bits per heavy atom. The Bertz CT molecular complexity index is 1130. The molecule has 0 radical (unpaired) electrons. The standard InChI is InChI=1S/C22H23N3O3S/c1-4-27-14-9-10-19-15(11-14)13(2)20(28-19)22(26)25-18(12-29-3)21-23-16-7-5-6-8-17(16)24-21/h5-11,18H,4,12H2,1-3H3,(H,23,24)(H,25,26)/t18-/m1/s1. The summed E-state index contributed by atoms with van der Waals surface area (Å²) in [7, 11) is 0. The van der Waals surface area contributed by atoms with E-state index in [2.05, 4.69) is 15.3 Å². The molecule has 4 aromatic rings. The number of nitrogens with one attached hydrogen (secondary N) is 2.